The highest BCUT2D eigenvalue weighted by Crippen LogP contribution is 1.85. The molecule has 0 saturated carbocycles. The fourth-order valence-corrected chi connectivity index (χ4v) is 0.758. The lowest BCUT2D eigenvalue weighted by atomic mass is 10.3. The fraction of sp³-hybridized carbons (Fsp3) is 0.750. The van der Waals surface area contributed by atoms with Gasteiger partial charge in [0.2, 0.25) is 11.8 Å². The number of hydrogen-bond acceptors (Lipinski definition) is 4. The van der Waals surface area contributed by atoms with E-state index in [2.05, 4.69) is 5.32 Å². The summed E-state index contributed by atoms with van der Waals surface area (Å²) in [6.07, 6.45) is -0.858. The molecule has 14 heavy (non-hydrogen) atoms. The van der Waals surface area contributed by atoms with Crippen molar-refractivity contribution in [3.8, 4) is 0 Å². The summed E-state index contributed by atoms with van der Waals surface area (Å²) in [4.78, 5) is 22.9. The Morgan fingerprint density at radius 3 is 2.50 bits per heavy atom. The van der Waals surface area contributed by atoms with Gasteiger partial charge < -0.3 is 21.1 Å². The number of hydrogen-bond donors (Lipinski definition) is 3. The van der Waals surface area contributed by atoms with Crippen LogP contribution in [0.5, 0.6) is 0 Å². The molecule has 0 aliphatic carbocycles. The average molecular weight is 203 g/mol. The number of primary amides is 1. The number of aliphatic hydroxyl groups excluding tert-OH is 1. The normalized spacial score (nSPS) is 12.2. The van der Waals surface area contributed by atoms with Crippen LogP contribution in [0, 0.1) is 0 Å². The van der Waals surface area contributed by atoms with Crippen molar-refractivity contribution < 1.29 is 14.7 Å². The van der Waals surface area contributed by atoms with E-state index in [0.29, 0.717) is 13.0 Å². The van der Waals surface area contributed by atoms with Gasteiger partial charge in [-0.1, -0.05) is 0 Å². The number of carbonyl (C=O) groups is 2. The topological polar surface area (TPSA) is 95.7 Å². The summed E-state index contributed by atoms with van der Waals surface area (Å²) in [5, 5.41) is 11.7. The molecule has 0 aromatic carbocycles. The molecule has 1 unspecified atom stereocenters. The molecule has 82 valence electrons. The summed E-state index contributed by atoms with van der Waals surface area (Å²) in [6, 6.07) is 0. The molecule has 0 heterocycles. The van der Waals surface area contributed by atoms with E-state index in [1.54, 1.807) is 14.1 Å². The SMILES string of the molecule is CN(C)C(=O)CCNCC(O)C(N)=O. The number of nitrogens with one attached hydrogen (secondary N) is 1. The zero-order chi connectivity index (χ0) is 11.1. The summed E-state index contributed by atoms with van der Waals surface area (Å²) in [7, 11) is 3.33. The Balaban J connectivity index is 3.47. The van der Waals surface area contributed by atoms with E-state index in [0.717, 1.165) is 0 Å². The molecular weight excluding hydrogens is 186 g/mol. The lowest BCUT2D eigenvalue weighted by Crippen LogP contribution is -2.38. The monoisotopic (exact) mass is 203 g/mol. The van der Waals surface area contributed by atoms with Gasteiger partial charge in [0.1, 0.15) is 6.10 Å². The molecule has 0 bridgehead atoms. The third-order valence-electron chi connectivity index (χ3n) is 1.68. The smallest absolute Gasteiger partial charge is 0.247 e. The number of rotatable bonds is 6. The Morgan fingerprint density at radius 1 is 1.50 bits per heavy atom. The van der Waals surface area contributed by atoms with Gasteiger partial charge in [-0.25, -0.2) is 0 Å². The molecule has 0 aromatic heterocycles. The number of carbonyl (C=O) groups excluding carboxylic acids is 2. The van der Waals surface area contributed by atoms with Gasteiger partial charge in [0, 0.05) is 33.6 Å². The summed E-state index contributed by atoms with van der Waals surface area (Å²) >= 11 is 0. The first-order valence-electron chi connectivity index (χ1n) is 4.33. The molecule has 6 nitrogen and oxygen atoms in total. The molecule has 1 atom stereocenters. The van der Waals surface area contributed by atoms with Crippen molar-refractivity contribution in [2.45, 2.75) is 12.5 Å². The van der Waals surface area contributed by atoms with Crippen molar-refractivity contribution in [1.29, 1.82) is 0 Å². The van der Waals surface area contributed by atoms with Crippen LogP contribution in [0.4, 0.5) is 0 Å². The zero-order valence-corrected chi connectivity index (χ0v) is 8.49. The molecule has 0 aliphatic rings. The summed E-state index contributed by atoms with van der Waals surface area (Å²) in [5.41, 5.74) is 4.82. The Labute approximate surface area is 83.1 Å². The van der Waals surface area contributed by atoms with Crippen LogP contribution in [0.3, 0.4) is 0 Å². The van der Waals surface area contributed by atoms with Crippen LogP contribution in [-0.2, 0) is 9.59 Å². The first kappa shape index (κ1) is 12.9. The minimum Gasteiger partial charge on any atom is -0.382 e. The van der Waals surface area contributed by atoms with Crippen molar-refractivity contribution in [3.05, 3.63) is 0 Å². The third kappa shape index (κ3) is 5.50. The Hall–Kier alpha value is -1.14. The highest BCUT2D eigenvalue weighted by atomic mass is 16.3. The largest absolute Gasteiger partial charge is 0.382 e. The molecule has 2 amide bonds. The third-order valence-corrected chi connectivity index (χ3v) is 1.68. The highest BCUT2D eigenvalue weighted by Gasteiger charge is 2.10. The maximum atomic E-state index is 11.1. The molecule has 0 aromatic rings. The molecule has 0 radical (unpaired) electrons. The second-order valence-corrected chi connectivity index (χ2v) is 3.16. The first-order valence-corrected chi connectivity index (χ1v) is 4.33. The maximum absolute atomic E-state index is 11.1. The van der Waals surface area contributed by atoms with Crippen molar-refractivity contribution in [3.63, 3.8) is 0 Å². The van der Waals surface area contributed by atoms with Gasteiger partial charge in [-0.05, 0) is 0 Å². The minimum absolute atomic E-state index is 0.00827. The lowest BCUT2D eigenvalue weighted by molar-refractivity contribution is -0.128. The minimum atomic E-state index is -1.19. The molecule has 0 saturated heterocycles. The molecule has 4 N–H and O–H groups in total. The Kier molecular flexibility index (Phi) is 5.82. The average Bonchev–Trinajstić information content (AvgIpc) is 2.11. The van der Waals surface area contributed by atoms with E-state index >= 15 is 0 Å². The van der Waals surface area contributed by atoms with Crippen LogP contribution in [0.25, 0.3) is 0 Å². The fourth-order valence-electron chi connectivity index (χ4n) is 0.758. The summed E-state index contributed by atoms with van der Waals surface area (Å²) in [6.45, 7) is 0.497. The van der Waals surface area contributed by atoms with Crippen molar-refractivity contribution in [2.75, 3.05) is 27.2 Å². The van der Waals surface area contributed by atoms with E-state index in [1.807, 2.05) is 0 Å². The van der Waals surface area contributed by atoms with E-state index in [1.165, 1.54) is 4.90 Å². The zero-order valence-electron chi connectivity index (χ0n) is 8.49. The van der Waals surface area contributed by atoms with Crippen molar-refractivity contribution in [1.82, 2.24) is 10.2 Å². The van der Waals surface area contributed by atoms with Gasteiger partial charge in [-0.2, -0.15) is 0 Å². The second kappa shape index (κ2) is 6.33. The van der Waals surface area contributed by atoms with Crippen LogP contribution in [0.15, 0.2) is 0 Å². The van der Waals surface area contributed by atoms with Crippen LogP contribution in [0.2, 0.25) is 0 Å². The van der Waals surface area contributed by atoms with Crippen molar-refractivity contribution >= 4 is 11.8 Å². The summed E-state index contributed by atoms with van der Waals surface area (Å²) < 4.78 is 0. The van der Waals surface area contributed by atoms with Gasteiger partial charge in [0.15, 0.2) is 0 Å². The van der Waals surface area contributed by atoms with Crippen LogP contribution in [0.1, 0.15) is 6.42 Å². The standard InChI is InChI=1S/C8H17N3O3/c1-11(2)7(13)3-4-10-5-6(12)8(9)14/h6,10,12H,3-5H2,1-2H3,(H2,9,14). The predicted octanol–water partition coefficient (Wildman–Crippen LogP) is -2.10. The second-order valence-electron chi connectivity index (χ2n) is 3.16. The number of nitrogens with two attached hydrogens (primary N) is 1. The number of aliphatic hydroxyl groups is 1. The number of amides is 2. The van der Waals surface area contributed by atoms with E-state index < -0.39 is 12.0 Å². The van der Waals surface area contributed by atoms with Crippen LogP contribution in [-0.4, -0.2) is 55.1 Å². The van der Waals surface area contributed by atoms with Gasteiger partial charge in [0.25, 0.3) is 0 Å². The first-order chi connectivity index (χ1) is 6.45. The molecule has 0 rings (SSSR count). The lowest BCUT2D eigenvalue weighted by Gasteiger charge is -2.11. The van der Waals surface area contributed by atoms with Crippen molar-refractivity contribution in [2.24, 2.45) is 5.73 Å². The molecule has 0 spiro atoms. The van der Waals surface area contributed by atoms with E-state index in [9.17, 15) is 9.59 Å². The molecule has 0 aliphatic heterocycles. The molecular formula is C8H17N3O3. The van der Waals surface area contributed by atoms with Gasteiger partial charge in [-0.3, -0.25) is 9.59 Å². The highest BCUT2D eigenvalue weighted by molar-refractivity contribution is 5.78. The summed E-state index contributed by atoms with van der Waals surface area (Å²) in [5.74, 6) is -0.775. The van der Waals surface area contributed by atoms with E-state index in [-0.39, 0.29) is 12.5 Å². The van der Waals surface area contributed by atoms with Gasteiger partial charge >= 0.3 is 0 Å². The van der Waals surface area contributed by atoms with Crippen LogP contribution < -0.4 is 11.1 Å². The Bertz CT molecular complexity index is 206. The molecule has 0 fully saturated rings. The van der Waals surface area contributed by atoms with E-state index in [4.69, 9.17) is 10.8 Å². The quantitative estimate of drug-likeness (QED) is 0.431. The maximum Gasteiger partial charge on any atom is 0.247 e. The van der Waals surface area contributed by atoms with Gasteiger partial charge in [0.05, 0.1) is 0 Å². The number of nitrogens with zero attached hydrogens (tertiary/aromatic N) is 1. The molecule has 6 heteroatoms. The Morgan fingerprint density at radius 2 is 2.07 bits per heavy atom. The van der Waals surface area contributed by atoms with Gasteiger partial charge in [-0.15, -0.1) is 0 Å². The van der Waals surface area contributed by atoms with Crippen LogP contribution >= 0.6 is 0 Å². The predicted molar refractivity (Wildman–Crippen MR) is 51.4 cm³/mol.